The second-order valence-electron chi connectivity index (χ2n) is 8.83. The second kappa shape index (κ2) is 12.1. The van der Waals surface area contributed by atoms with Crippen LogP contribution in [0.15, 0.2) is 59.4 Å². The molecule has 0 amide bonds. The molecule has 4 heterocycles. The van der Waals surface area contributed by atoms with E-state index in [-0.39, 0.29) is 5.54 Å². The van der Waals surface area contributed by atoms with Crippen LogP contribution in [0, 0.1) is 5.92 Å². The van der Waals surface area contributed by atoms with Gasteiger partial charge in [0.25, 0.3) is 0 Å². The van der Waals surface area contributed by atoms with Crippen molar-refractivity contribution in [1.29, 1.82) is 0 Å². The molecule has 6 heteroatoms. The molecule has 3 aromatic heterocycles. The average Bonchev–Trinajstić information content (AvgIpc) is 3.50. The maximum atomic E-state index is 4.75. The van der Waals surface area contributed by atoms with Gasteiger partial charge < -0.3 is 9.88 Å². The molecule has 3 aromatic rings. The van der Waals surface area contributed by atoms with Crippen molar-refractivity contribution in [2.24, 2.45) is 5.92 Å². The number of hydrogen-bond acceptors (Lipinski definition) is 4. The van der Waals surface area contributed by atoms with Crippen molar-refractivity contribution >= 4 is 23.7 Å². The quantitative estimate of drug-likeness (QED) is 0.307. The lowest BCUT2D eigenvalue weighted by molar-refractivity contribution is 0.421. The summed E-state index contributed by atoms with van der Waals surface area (Å²) >= 11 is 4.15. The molecule has 174 valence electrons. The zero-order chi connectivity index (χ0) is 23.7. The van der Waals surface area contributed by atoms with E-state index in [0.717, 1.165) is 34.8 Å². The van der Waals surface area contributed by atoms with Crippen LogP contribution in [0.25, 0.3) is 22.3 Å². The third kappa shape index (κ3) is 7.38. The molecule has 0 bridgehead atoms. The minimum atomic E-state index is 0.264. The Morgan fingerprint density at radius 2 is 2.00 bits per heavy atom. The van der Waals surface area contributed by atoms with Gasteiger partial charge in [-0.25, -0.2) is 4.98 Å². The van der Waals surface area contributed by atoms with Crippen molar-refractivity contribution in [3.63, 3.8) is 0 Å². The van der Waals surface area contributed by atoms with E-state index in [1.165, 1.54) is 17.5 Å². The van der Waals surface area contributed by atoms with Crippen molar-refractivity contribution in [1.82, 2.24) is 25.1 Å². The summed E-state index contributed by atoms with van der Waals surface area (Å²) < 4.78 is 2.33. The third-order valence-corrected chi connectivity index (χ3v) is 5.66. The molecule has 1 fully saturated rings. The van der Waals surface area contributed by atoms with Gasteiger partial charge in [-0.15, -0.1) is 12.6 Å². The van der Waals surface area contributed by atoms with Gasteiger partial charge in [0.15, 0.2) is 0 Å². The lowest BCUT2D eigenvalue weighted by Gasteiger charge is -2.17. The Hall–Kier alpha value is -2.31. The summed E-state index contributed by atoms with van der Waals surface area (Å²) in [5.74, 6) is 0.680. The van der Waals surface area contributed by atoms with Crippen LogP contribution in [0.4, 0.5) is 0 Å². The fourth-order valence-corrected chi connectivity index (χ4v) is 4.12. The number of rotatable bonds is 4. The van der Waals surface area contributed by atoms with Crippen molar-refractivity contribution in [2.45, 2.75) is 67.0 Å². The largest absolute Gasteiger partial charge is 0.346 e. The number of H-pyrrole nitrogens is 1. The molecule has 0 radical (unpaired) electrons. The molecule has 4 rings (SSSR count). The highest BCUT2D eigenvalue weighted by molar-refractivity contribution is 7.84. The lowest BCUT2D eigenvalue weighted by atomic mass is 9.97. The van der Waals surface area contributed by atoms with Crippen LogP contribution in [0.2, 0.25) is 0 Å². The van der Waals surface area contributed by atoms with E-state index in [4.69, 9.17) is 4.98 Å². The van der Waals surface area contributed by atoms with Gasteiger partial charge in [-0.2, -0.15) is 5.10 Å². The van der Waals surface area contributed by atoms with Gasteiger partial charge in [-0.05, 0) is 70.1 Å². The van der Waals surface area contributed by atoms with Gasteiger partial charge in [0, 0.05) is 36.6 Å². The minimum absolute atomic E-state index is 0.264. The van der Waals surface area contributed by atoms with Crippen LogP contribution < -0.4 is 5.32 Å². The fourth-order valence-electron chi connectivity index (χ4n) is 3.86. The normalized spacial score (nSPS) is 17.2. The molecule has 1 atom stereocenters. The summed E-state index contributed by atoms with van der Waals surface area (Å²) in [6.07, 6.45) is 11.0. The van der Waals surface area contributed by atoms with Gasteiger partial charge in [-0.3, -0.25) is 5.10 Å². The zero-order valence-corrected chi connectivity index (χ0v) is 21.5. The molecule has 1 saturated heterocycles. The molecular formula is C26H39N5S. The maximum Gasteiger partial charge on any atom is 0.0888 e. The summed E-state index contributed by atoms with van der Waals surface area (Å²) in [5, 5.41) is 10.4. The smallest absolute Gasteiger partial charge is 0.0888 e. The molecule has 1 unspecified atom stereocenters. The third-order valence-electron chi connectivity index (χ3n) is 5.27. The number of fused-ring (bicyclic) bond motifs is 1. The molecule has 1 aliphatic heterocycles. The number of thiol groups is 1. The lowest BCUT2D eigenvalue weighted by Crippen LogP contribution is -2.31. The fraction of sp³-hybridized carbons (Fsp3) is 0.462. The van der Waals surface area contributed by atoms with E-state index in [1.54, 1.807) is 6.20 Å². The van der Waals surface area contributed by atoms with Crippen LogP contribution in [-0.2, 0) is 6.54 Å². The molecule has 0 aliphatic carbocycles. The Morgan fingerprint density at radius 3 is 2.53 bits per heavy atom. The number of pyridine rings is 1. The predicted molar refractivity (Wildman–Crippen MR) is 141 cm³/mol. The number of aromatic amines is 1. The topological polar surface area (TPSA) is 58.5 Å². The first-order valence-corrected chi connectivity index (χ1v) is 11.9. The van der Waals surface area contributed by atoms with Crippen molar-refractivity contribution in [3.8, 4) is 11.3 Å². The van der Waals surface area contributed by atoms with Crippen molar-refractivity contribution < 1.29 is 0 Å². The SMILES string of the molecule is C/C=C(/S)C=C(C)C.CC.CC1(C)CC(Cn2ccc3nc(-c4cn[nH]c4)ccc32)CN1. The minimum Gasteiger partial charge on any atom is -0.346 e. The van der Waals surface area contributed by atoms with E-state index >= 15 is 0 Å². The summed E-state index contributed by atoms with van der Waals surface area (Å²) in [5.41, 5.74) is 5.79. The number of nitrogens with one attached hydrogen (secondary N) is 2. The van der Waals surface area contributed by atoms with Crippen LogP contribution in [-0.4, -0.2) is 31.8 Å². The molecule has 5 nitrogen and oxygen atoms in total. The van der Waals surface area contributed by atoms with Crippen molar-refractivity contribution in [3.05, 3.63) is 59.4 Å². The first kappa shape index (κ1) is 25.9. The summed E-state index contributed by atoms with van der Waals surface area (Å²) in [6, 6.07) is 6.34. The highest BCUT2D eigenvalue weighted by Crippen LogP contribution is 2.27. The van der Waals surface area contributed by atoms with E-state index in [2.05, 4.69) is 84.8 Å². The number of hydrogen-bond donors (Lipinski definition) is 3. The standard InChI is InChI=1S/C17H21N5.C7H12S.C2H6/c1-17(2)7-12(8-18-17)11-22-6-5-15-16(22)4-3-14(21-15)13-9-19-20-10-13;1-4-7(8)5-6(2)3;1-2/h3-6,9-10,12,18H,7-8,11H2,1-2H3,(H,19,20);4-5,8H,1-3H3;1-2H3/b;7-4+;. The summed E-state index contributed by atoms with van der Waals surface area (Å²) in [7, 11) is 0. The van der Waals surface area contributed by atoms with Gasteiger partial charge in [0.2, 0.25) is 0 Å². The molecule has 0 spiro atoms. The molecule has 0 saturated carbocycles. The Bertz CT molecular complexity index is 1020. The Kier molecular flexibility index (Phi) is 9.79. The predicted octanol–water partition coefficient (Wildman–Crippen LogP) is 6.63. The van der Waals surface area contributed by atoms with Crippen LogP contribution in [0.5, 0.6) is 0 Å². The first-order valence-electron chi connectivity index (χ1n) is 11.5. The molecule has 1 aliphatic rings. The van der Waals surface area contributed by atoms with Gasteiger partial charge in [0.1, 0.15) is 0 Å². The highest BCUT2D eigenvalue weighted by Gasteiger charge is 2.30. The van der Waals surface area contributed by atoms with Gasteiger partial charge >= 0.3 is 0 Å². The van der Waals surface area contributed by atoms with Crippen LogP contribution in [0.1, 0.15) is 54.9 Å². The Balaban J connectivity index is 0.000000311. The molecular weight excluding hydrogens is 414 g/mol. The average molecular weight is 454 g/mol. The number of aromatic nitrogens is 4. The van der Waals surface area contributed by atoms with Crippen LogP contribution >= 0.6 is 12.6 Å². The number of nitrogens with zero attached hydrogens (tertiary/aromatic N) is 3. The van der Waals surface area contributed by atoms with E-state index in [9.17, 15) is 0 Å². The van der Waals surface area contributed by atoms with E-state index < -0.39 is 0 Å². The van der Waals surface area contributed by atoms with Crippen molar-refractivity contribution in [2.75, 3.05) is 6.54 Å². The second-order valence-corrected chi connectivity index (χ2v) is 9.34. The molecule has 0 aromatic carbocycles. The summed E-state index contributed by atoms with van der Waals surface area (Å²) in [6.45, 7) is 16.8. The Labute approximate surface area is 198 Å². The monoisotopic (exact) mass is 453 g/mol. The number of allylic oxidation sites excluding steroid dienone is 3. The highest BCUT2D eigenvalue weighted by atomic mass is 32.1. The summed E-state index contributed by atoms with van der Waals surface area (Å²) in [4.78, 5) is 5.78. The molecule has 2 N–H and O–H groups in total. The first-order chi connectivity index (χ1) is 15.3. The Morgan fingerprint density at radius 1 is 1.25 bits per heavy atom. The van der Waals surface area contributed by atoms with Crippen LogP contribution in [0.3, 0.4) is 0 Å². The van der Waals surface area contributed by atoms with E-state index in [0.29, 0.717) is 5.92 Å². The molecule has 32 heavy (non-hydrogen) atoms. The maximum absolute atomic E-state index is 4.75. The van der Waals surface area contributed by atoms with Gasteiger partial charge in [0.05, 0.1) is 22.9 Å². The zero-order valence-electron chi connectivity index (χ0n) is 20.6. The van der Waals surface area contributed by atoms with Gasteiger partial charge in [-0.1, -0.05) is 31.6 Å². The van der Waals surface area contributed by atoms with E-state index in [1.807, 2.05) is 39.1 Å².